The van der Waals surface area contributed by atoms with Gasteiger partial charge in [-0.2, -0.15) is 4.31 Å². The Morgan fingerprint density at radius 1 is 1.17 bits per heavy atom. The van der Waals surface area contributed by atoms with E-state index >= 15 is 0 Å². The van der Waals surface area contributed by atoms with Crippen LogP contribution in [0.5, 0.6) is 0 Å². The Kier molecular flexibility index (Phi) is 6.86. The van der Waals surface area contributed by atoms with E-state index in [4.69, 9.17) is 0 Å². The molecule has 3 aliphatic rings. The summed E-state index contributed by atoms with van der Waals surface area (Å²) in [5, 5.41) is 2.91. The van der Waals surface area contributed by atoms with Crippen LogP contribution in [0.2, 0.25) is 0 Å². The van der Waals surface area contributed by atoms with Gasteiger partial charge in [0.1, 0.15) is 10.8 Å². The fourth-order valence-corrected chi connectivity index (χ4v) is 8.46. The molecule has 1 aromatic rings. The molecule has 4 rings (SSSR count). The van der Waals surface area contributed by atoms with Gasteiger partial charge in [-0.15, -0.1) is 23.1 Å². The summed E-state index contributed by atoms with van der Waals surface area (Å²) in [6, 6.07) is 1.57. The van der Waals surface area contributed by atoms with Gasteiger partial charge < -0.3 is 10.2 Å². The van der Waals surface area contributed by atoms with E-state index in [-0.39, 0.29) is 28.3 Å². The van der Waals surface area contributed by atoms with Crippen LogP contribution in [0.25, 0.3) is 0 Å². The third-order valence-corrected chi connectivity index (χ3v) is 10.4. The van der Waals surface area contributed by atoms with E-state index in [1.807, 2.05) is 0 Å². The number of allylic oxidation sites excluding steroid dienone is 1. The van der Waals surface area contributed by atoms with E-state index in [2.05, 4.69) is 11.4 Å². The maximum absolute atomic E-state index is 12.9. The highest BCUT2D eigenvalue weighted by atomic mass is 32.3. The van der Waals surface area contributed by atoms with Crippen molar-refractivity contribution >= 4 is 50.6 Å². The number of hydrogen-bond acceptors (Lipinski definition) is 6. The molecule has 0 unspecified atom stereocenters. The molecule has 0 spiro atoms. The van der Waals surface area contributed by atoms with Gasteiger partial charge in [-0.05, 0) is 51.0 Å². The predicted molar refractivity (Wildman–Crippen MR) is 120 cm³/mol. The highest BCUT2D eigenvalue weighted by Gasteiger charge is 2.34. The van der Waals surface area contributed by atoms with E-state index in [0.717, 1.165) is 36.3 Å². The van der Waals surface area contributed by atoms with E-state index in [9.17, 15) is 18.0 Å². The van der Waals surface area contributed by atoms with E-state index in [1.54, 1.807) is 6.07 Å². The zero-order valence-corrected chi connectivity index (χ0v) is 19.3. The normalized spacial score (nSPS) is 20.2. The van der Waals surface area contributed by atoms with E-state index in [0.29, 0.717) is 25.3 Å². The number of anilines is 1. The summed E-state index contributed by atoms with van der Waals surface area (Å²) in [7, 11) is -3.54. The molecular weight excluding hydrogens is 442 g/mol. The van der Waals surface area contributed by atoms with Crippen LogP contribution < -0.4 is 10.2 Å². The third kappa shape index (κ3) is 4.76. The molecule has 1 saturated heterocycles. The number of fused-ring (bicyclic) bond motifs is 1. The van der Waals surface area contributed by atoms with Gasteiger partial charge in [0.15, 0.2) is 0 Å². The molecule has 0 bridgehead atoms. The molecule has 1 N–H and O–H groups in total. The zero-order valence-electron chi connectivity index (χ0n) is 16.9. The molecule has 10 heteroatoms. The number of thiophene rings is 1. The molecule has 0 radical (unpaired) electrons. The minimum atomic E-state index is -3.54. The Balaban J connectivity index is 1.42. The maximum Gasteiger partial charge on any atom is 0.252 e. The number of thioether (sulfide) groups is 1. The molecule has 164 valence electrons. The van der Waals surface area contributed by atoms with Crippen molar-refractivity contribution in [1.29, 1.82) is 0 Å². The first-order chi connectivity index (χ1) is 14.4. The van der Waals surface area contributed by atoms with Crippen molar-refractivity contribution in [1.82, 2.24) is 9.62 Å². The molecule has 2 aliphatic heterocycles. The first-order valence-electron chi connectivity index (χ1n) is 10.5. The van der Waals surface area contributed by atoms with Crippen LogP contribution in [0.15, 0.2) is 26.1 Å². The van der Waals surface area contributed by atoms with Crippen molar-refractivity contribution in [3.05, 3.63) is 17.7 Å². The minimum Gasteiger partial charge on any atom is -0.354 e. The van der Waals surface area contributed by atoms with Crippen LogP contribution in [0.4, 0.5) is 5.69 Å². The van der Waals surface area contributed by atoms with Crippen LogP contribution in [-0.4, -0.2) is 56.5 Å². The van der Waals surface area contributed by atoms with Crippen LogP contribution in [0.3, 0.4) is 0 Å². The fraction of sp³-hybridized carbons (Fsp3) is 0.600. The first-order valence-corrected chi connectivity index (χ1v) is 13.7. The average molecular weight is 470 g/mol. The minimum absolute atomic E-state index is 0.0780. The molecule has 2 amide bonds. The first kappa shape index (κ1) is 21.9. The Hall–Kier alpha value is -1.36. The Bertz CT molecular complexity index is 948. The second kappa shape index (κ2) is 9.42. The summed E-state index contributed by atoms with van der Waals surface area (Å²) in [5.74, 6) is -0.162. The zero-order chi connectivity index (χ0) is 21.1. The highest BCUT2D eigenvalue weighted by Crippen LogP contribution is 2.44. The summed E-state index contributed by atoms with van der Waals surface area (Å²) in [6.07, 6.45) is 9.53. The Morgan fingerprint density at radius 3 is 2.70 bits per heavy atom. The number of rotatable bonds is 7. The van der Waals surface area contributed by atoms with Crippen molar-refractivity contribution in [2.24, 2.45) is 0 Å². The second-order valence-electron chi connectivity index (χ2n) is 7.83. The number of carbonyl (C=O) groups excluding carboxylic acids is 2. The number of nitrogens with one attached hydrogen (secondary N) is 1. The topological polar surface area (TPSA) is 86.8 Å². The standard InChI is InChI=1S/C20H27N3O4S3/c24-17(21-9-8-15-6-2-1-3-7-15)13-23-16-12-19(29-20(16)28-14-18(23)25)30(26,27)22-10-4-5-11-22/h6,12H,1-5,7-11,13-14H2,(H,21,24). The monoisotopic (exact) mass is 469 g/mol. The SMILES string of the molecule is O=C(CN1C(=O)CSc2sc(S(=O)(=O)N3CCCC3)cc21)NCCC1=CCCCC1. The van der Waals surface area contributed by atoms with E-state index in [1.165, 1.54) is 50.7 Å². The number of amides is 2. The molecule has 0 atom stereocenters. The maximum atomic E-state index is 12.9. The lowest BCUT2D eigenvalue weighted by molar-refractivity contribution is -0.122. The Labute approximate surface area is 185 Å². The number of nitrogens with zero attached hydrogens (tertiary/aromatic N) is 2. The van der Waals surface area contributed by atoms with Gasteiger partial charge in [-0.3, -0.25) is 9.59 Å². The lowest BCUT2D eigenvalue weighted by Crippen LogP contribution is -2.43. The number of carbonyl (C=O) groups is 2. The van der Waals surface area contributed by atoms with Crippen LogP contribution in [0, 0.1) is 0 Å². The van der Waals surface area contributed by atoms with Crippen molar-refractivity contribution in [3.63, 3.8) is 0 Å². The number of hydrogen-bond donors (Lipinski definition) is 1. The molecular formula is C20H27N3O4S3. The molecule has 3 heterocycles. The Morgan fingerprint density at radius 2 is 1.97 bits per heavy atom. The van der Waals surface area contributed by atoms with Crippen molar-refractivity contribution < 1.29 is 18.0 Å². The highest BCUT2D eigenvalue weighted by molar-refractivity contribution is 8.02. The van der Waals surface area contributed by atoms with Gasteiger partial charge >= 0.3 is 0 Å². The fourth-order valence-electron chi connectivity index (χ4n) is 4.02. The quantitative estimate of drug-likeness (QED) is 0.621. The summed E-state index contributed by atoms with van der Waals surface area (Å²) >= 11 is 2.55. The van der Waals surface area contributed by atoms with Crippen molar-refractivity contribution in [2.45, 2.75) is 53.4 Å². The van der Waals surface area contributed by atoms with Crippen molar-refractivity contribution in [3.8, 4) is 0 Å². The number of sulfonamides is 1. The molecule has 0 aromatic carbocycles. The van der Waals surface area contributed by atoms with E-state index < -0.39 is 10.0 Å². The van der Waals surface area contributed by atoms with Gasteiger partial charge in [-0.25, -0.2) is 8.42 Å². The summed E-state index contributed by atoms with van der Waals surface area (Å²) in [5.41, 5.74) is 1.94. The summed E-state index contributed by atoms with van der Waals surface area (Å²) in [6.45, 7) is 1.57. The summed E-state index contributed by atoms with van der Waals surface area (Å²) in [4.78, 5) is 26.4. The smallest absolute Gasteiger partial charge is 0.252 e. The molecule has 1 aliphatic carbocycles. The van der Waals surface area contributed by atoms with Gasteiger partial charge in [0, 0.05) is 19.6 Å². The lowest BCUT2D eigenvalue weighted by Gasteiger charge is -2.26. The van der Waals surface area contributed by atoms with Gasteiger partial charge in [0.05, 0.1) is 15.6 Å². The van der Waals surface area contributed by atoms with Crippen LogP contribution >= 0.6 is 23.1 Å². The second-order valence-corrected chi connectivity index (χ2v) is 12.3. The van der Waals surface area contributed by atoms with Gasteiger partial charge in [0.2, 0.25) is 11.8 Å². The van der Waals surface area contributed by atoms with Gasteiger partial charge in [0.25, 0.3) is 10.0 Å². The largest absolute Gasteiger partial charge is 0.354 e. The van der Waals surface area contributed by atoms with Gasteiger partial charge in [-0.1, -0.05) is 11.6 Å². The van der Waals surface area contributed by atoms with Crippen molar-refractivity contribution in [2.75, 3.05) is 36.8 Å². The van der Waals surface area contributed by atoms with Crippen LogP contribution in [-0.2, 0) is 19.6 Å². The molecule has 7 nitrogen and oxygen atoms in total. The average Bonchev–Trinajstić information content (AvgIpc) is 3.42. The molecule has 1 fully saturated rings. The summed E-state index contributed by atoms with van der Waals surface area (Å²) < 4.78 is 28.3. The third-order valence-electron chi connectivity index (χ3n) is 5.69. The van der Waals surface area contributed by atoms with Crippen LogP contribution in [0.1, 0.15) is 44.9 Å². The lowest BCUT2D eigenvalue weighted by atomic mass is 9.97. The predicted octanol–water partition coefficient (Wildman–Crippen LogP) is 2.98. The molecule has 0 saturated carbocycles. The molecule has 1 aromatic heterocycles. The molecule has 30 heavy (non-hydrogen) atoms.